The molecule has 11 nitrogen and oxygen atoms in total. The Labute approximate surface area is 257 Å². The number of ether oxygens (including phenoxy) is 1. The minimum atomic E-state index is -0.341. The highest BCUT2D eigenvalue weighted by atomic mass is 16.5. The van der Waals surface area contributed by atoms with Gasteiger partial charge < -0.3 is 20.1 Å². The van der Waals surface area contributed by atoms with Crippen molar-refractivity contribution in [1.82, 2.24) is 30.0 Å². The van der Waals surface area contributed by atoms with Crippen molar-refractivity contribution in [2.75, 3.05) is 32.1 Å². The fraction of sp³-hybridized carbons (Fsp3) is 0.364. The van der Waals surface area contributed by atoms with E-state index in [-0.39, 0.29) is 49.5 Å². The highest BCUT2D eigenvalue weighted by Gasteiger charge is 2.31. The molecule has 3 atom stereocenters. The van der Waals surface area contributed by atoms with Gasteiger partial charge in [-0.1, -0.05) is 61.5 Å². The van der Waals surface area contributed by atoms with Crippen LogP contribution in [0.4, 0.5) is 5.69 Å². The number of fused-ring (bicyclic) bond motifs is 1. The van der Waals surface area contributed by atoms with Crippen LogP contribution >= 0.6 is 0 Å². The molecule has 1 aliphatic rings. The molecule has 0 saturated heterocycles. The summed E-state index contributed by atoms with van der Waals surface area (Å²) < 4.78 is 7.97. The standard InChI is InChI=1S/C33H39N7O4/c1-23-17-40(24(2)21-41)33(43)16-28-15-29(35-32(42)20-39-22-34-36-37-39)13-14-30(28)44-31(23)19-38(3)18-25-9-11-27(12-10-25)26-7-5-4-6-8-26/h4-15,22-24,31,41H,16-21H2,1-3H3,(H,35,42)/t23-,24-,31+/m1/s1. The number of carbonyl (C=O) groups excluding carboxylic acids is 2. The van der Waals surface area contributed by atoms with Crippen molar-refractivity contribution in [2.24, 2.45) is 5.92 Å². The zero-order valence-electron chi connectivity index (χ0n) is 25.3. The molecule has 2 N–H and O–H groups in total. The van der Waals surface area contributed by atoms with Crippen LogP contribution in [0, 0.1) is 5.92 Å². The third-order valence-electron chi connectivity index (χ3n) is 7.90. The maximum absolute atomic E-state index is 13.5. The van der Waals surface area contributed by atoms with Crippen molar-refractivity contribution < 1.29 is 19.4 Å². The number of hydrogen-bond acceptors (Lipinski definition) is 8. The monoisotopic (exact) mass is 597 g/mol. The number of nitrogens with one attached hydrogen (secondary N) is 1. The molecule has 3 aromatic carbocycles. The maximum Gasteiger partial charge on any atom is 0.246 e. The van der Waals surface area contributed by atoms with Crippen LogP contribution in [0.5, 0.6) is 5.75 Å². The molecule has 0 fully saturated rings. The molecule has 44 heavy (non-hydrogen) atoms. The minimum absolute atomic E-state index is 0.0162. The molecule has 1 aromatic heterocycles. The summed E-state index contributed by atoms with van der Waals surface area (Å²) in [6.45, 7) is 5.56. The van der Waals surface area contributed by atoms with Crippen molar-refractivity contribution in [3.63, 3.8) is 0 Å². The largest absolute Gasteiger partial charge is 0.488 e. The smallest absolute Gasteiger partial charge is 0.246 e. The van der Waals surface area contributed by atoms with E-state index in [1.807, 2.05) is 31.2 Å². The third-order valence-corrected chi connectivity index (χ3v) is 7.90. The normalized spacial score (nSPS) is 17.7. The van der Waals surface area contributed by atoms with E-state index in [0.717, 1.165) is 6.54 Å². The van der Waals surface area contributed by atoms with Gasteiger partial charge in [-0.2, -0.15) is 0 Å². The number of benzene rings is 3. The summed E-state index contributed by atoms with van der Waals surface area (Å²) in [6.07, 6.45) is 1.21. The van der Waals surface area contributed by atoms with E-state index in [9.17, 15) is 14.7 Å². The molecule has 2 heterocycles. The Kier molecular flexibility index (Phi) is 9.98. The molecule has 0 radical (unpaired) electrons. The first kappa shape index (κ1) is 30.8. The Hall–Kier alpha value is -4.61. The van der Waals surface area contributed by atoms with E-state index in [2.05, 4.69) is 76.1 Å². The van der Waals surface area contributed by atoms with Gasteiger partial charge in [0.2, 0.25) is 11.8 Å². The summed E-state index contributed by atoms with van der Waals surface area (Å²) >= 11 is 0. The van der Waals surface area contributed by atoms with Gasteiger partial charge in [0.15, 0.2) is 0 Å². The number of carbonyl (C=O) groups is 2. The van der Waals surface area contributed by atoms with Crippen LogP contribution in [-0.2, 0) is 29.1 Å². The molecular formula is C33H39N7O4. The SMILES string of the molecule is C[C@@H]1CN([C@H](C)CO)C(=O)Cc2cc(NC(=O)Cn3cnnn3)ccc2O[C@H]1CN(C)Cc1ccc(-c2ccccc2)cc1. The van der Waals surface area contributed by atoms with Gasteiger partial charge in [-0.25, -0.2) is 4.68 Å². The van der Waals surface area contributed by atoms with E-state index >= 15 is 0 Å². The first-order valence-electron chi connectivity index (χ1n) is 14.8. The fourth-order valence-corrected chi connectivity index (χ4v) is 5.44. The predicted octanol–water partition coefficient (Wildman–Crippen LogP) is 3.26. The van der Waals surface area contributed by atoms with E-state index in [1.54, 1.807) is 17.0 Å². The Balaban J connectivity index is 1.33. The lowest BCUT2D eigenvalue weighted by atomic mass is 10.0. The molecule has 0 saturated carbocycles. The quantitative estimate of drug-likeness (QED) is 0.285. The second kappa shape index (κ2) is 14.2. The lowest BCUT2D eigenvalue weighted by Gasteiger charge is -2.34. The summed E-state index contributed by atoms with van der Waals surface area (Å²) in [4.78, 5) is 30.0. The Morgan fingerprint density at radius 1 is 1.11 bits per heavy atom. The second-order valence-corrected chi connectivity index (χ2v) is 11.5. The van der Waals surface area contributed by atoms with Crippen LogP contribution in [-0.4, -0.2) is 85.8 Å². The van der Waals surface area contributed by atoms with Gasteiger partial charge in [0.25, 0.3) is 0 Å². The van der Waals surface area contributed by atoms with Gasteiger partial charge in [0.1, 0.15) is 24.7 Å². The number of aromatic nitrogens is 4. The Morgan fingerprint density at radius 3 is 2.57 bits per heavy atom. The first-order valence-corrected chi connectivity index (χ1v) is 14.8. The lowest BCUT2D eigenvalue weighted by molar-refractivity contribution is -0.134. The second-order valence-electron chi connectivity index (χ2n) is 11.5. The molecule has 5 rings (SSSR count). The van der Waals surface area contributed by atoms with Crippen molar-refractivity contribution in [1.29, 1.82) is 0 Å². The lowest BCUT2D eigenvalue weighted by Crippen LogP contribution is -2.47. The van der Waals surface area contributed by atoms with E-state index < -0.39 is 0 Å². The average Bonchev–Trinajstić information content (AvgIpc) is 3.54. The van der Waals surface area contributed by atoms with E-state index in [1.165, 1.54) is 27.7 Å². The number of hydrogen-bond donors (Lipinski definition) is 2. The minimum Gasteiger partial charge on any atom is -0.488 e. The predicted molar refractivity (Wildman–Crippen MR) is 167 cm³/mol. The molecule has 230 valence electrons. The van der Waals surface area contributed by atoms with Crippen molar-refractivity contribution >= 4 is 17.5 Å². The molecule has 11 heteroatoms. The summed E-state index contributed by atoms with van der Waals surface area (Å²) in [5.74, 6) is 0.186. The van der Waals surface area contributed by atoms with Crippen LogP contribution in [0.1, 0.15) is 25.0 Å². The molecule has 0 aliphatic carbocycles. The first-order chi connectivity index (χ1) is 21.3. The summed E-state index contributed by atoms with van der Waals surface area (Å²) in [6, 6.07) is 23.9. The van der Waals surface area contributed by atoms with Gasteiger partial charge >= 0.3 is 0 Å². The summed E-state index contributed by atoms with van der Waals surface area (Å²) in [7, 11) is 2.07. The highest BCUT2D eigenvalue weighted by molar-refractivity contribution is 5.91. The van der Waals surface area contributed by atoms with E-state index in [4.69, 9.17) is 4.74 Å². The molecular weight excluding hydrogens is 558 g/mol. The number of aliphatic hydroxyl groups is 1. The Morgan fingerprint density at radius 2 is 1.86 bits per heavy atom. The zero-order valence-corrected chi connectivity index (χ0v) is 25.3. The van der Waals surface area contributed by atoms with Crippen LogP contribution in [0.3, 0.4) is 0 Å². The van der Waals surface area contributed by atoms with Crippen molar-refractivity contribution in [2.45, 2.75) is 45.5 Å². The zero-order chi connectivity index (χ0) is 31.1. The number of amides is 2. The number of likely N-dealkylation sites (N-methyl/N-ethyl adjacent to an activating group) is 1. The van der Waals surface area contributed by atoms with Crippen LogP contribution in [0.15, 0.2) is 79.1 Å². The molecule has 0 bridgehead atoms. The summed E-state index contributed by atoms with van der Waals surface area (Å²) in [5.41, 5.74) is 4.76. The maximum atomic E-state index is 13.5. The van der Waals surface area contributed by atoms with Gasteiger partial charge in [0.05, 0.1) is 19.1 Å². The molecule has 1 aliphatic heterocycles. The number of aliphatic hydroxyl groups excluding tert-OH is 1. The summed E-state index contributed by atoms with van der Waals surface area (Å²) in [5, 5.41) is 23.6. The third kappa shape index (κ3) is 7.86. The number of nitrogens with zero attached hydrogens (tertiary/aromatic N) is 6. The molecule has 0 spiro atoms. The molecule has 0 unspecified atom stereocenters. The number of tetrazole rings is 1. The van der Waals surface area contributed by atoms with E-state index in [0.29, 0.717) is 30.1 Å². The van der Waals surface area contributed by atoms with Gasteiger partial charge in [0, 0.05) is 36.8 Å². The molecule has 4 aromatic rings. The Bertz CT molecular complexity index is 1530. The van der Waals surface area contributed by atoms with Gasteiger partial charge in [-0.3, -0.25) is 14.5 Å². The van der Waals surface area contributed by atoms with Gasteiger partial charge in [-0.05, 0) is 59.3 Å². The van der Waals surface area contributed by atoms with Crippen LogP contribution < -0.4 is 10.1 Å². The number of anilines is 1. The topological polar surface area (TPSA) is 126 Å². The van der Waals surface area contributed by atoms with Crippen molar-refractivity contribution in [3.8, 4) is 16.9 Å². The van der Waals surface area contributed by atoms with Gasteiger partial charge in [-0.15, -0.1) is 5.10 Å². The van der Waals surface area contributed by atoms with Crippen LogP contribution in [0.2, 0.25) is 0 Å². The molecule has 2 amide bonds. The fourth-order valence-electron chi connectivity index (χ4n) is 5.44. The van der Waals surface area contributed by atoms with Crippen LogP contribution in [0.25, 0.3) is 11.1 Å². The highest BCUT2D eigenvalue weighted by Crippen LogP contribution is 2.29. The average molecular weight is 598 g/mol. The van der Waals surface area contributed by atoms with Crippen molar-refractivity contribution in [3.05, 3.63) is 90.3 Å². The number of rotatable bonds is 10.